The van der Waals surface area contributed by atoms with Crippen molar-refractivity contribution in [3.8, 4) is 11.4 Å². The number of phenols is 1. The van der Waals surface area contributed by atoms with Gasteiger partial charge in [0.2, 0.25) is 0 Å². The maximum atomic E-state index is 13.9. The highest BCUT2D eigenvalue weighted by atomic mass is 19.1. The first kappa shape index (κ1) is 29.0. The molecule has 3 aromatic carbocycles. The van der Waals surface area contributed by atoms with Crippen LogP contribution in [0.15, 0.2) is 72.8 Å². The predicted molar refractivity (Wildman–Crippen MR) is 152 cm³/mol. The van der Waals surface area contributed by atoms with Crippen molar-refractivity contribution in [3.05, 3.63) is 118 Å². The van der Waals surface area contributed by atoms with Gasteiger partial charge in [-0.05, 0) is 85.8 Å². The van der Waals surface area contributed by atoms with E-state index in [-0.39, 0.29) is 24.3 Å². The van der Waals surface area contributed by atoms with Crippen LogP contribution in [0.1, 0.15) is 45.4 Å². The second-order valence-corrected chi connectivity index (χ2v) is 10.1. The number of amides is 1. The Morgan fingerprint density at radius 1 is 0.900 bits per heavy atom. The predicted octanol–water partition coefficient (Wildman–Crippen LogP) is 5.13. The molecular formula is C32H35F2N3O3. The molecule has 0 fully saturated rings. The third-order valence-electron chi connectivity index (χ3n) is 6.99. The van der Waals surface area contributed by atoms with Gasteiger partial charge in [0.1, 0.15) is 17.4 Å². The van der Waals surface area contributed by atoms with E-state index in [1.54, 1.807) is 12.1 Å². The number of nitrogens with one attached hydrogen (secondary N) is 2. The van der Waals surface area contributed by atoms with Gasteiger partial charge in [-0.25, -0.2) is 8.78 Å². The summed E-state index contributed by atoms with van der Waals surface area (Å²) in [4.78, 5) is 13.2. The number of rotatable bonds is 11. The minimum Gasteiger partial charge on any atom is -0.506 e. The molecule has 1 aromatic heterocycles. The van der Waals surface area contributed by atoms with E-state index < -0.39 is 29.7 Å². The zero-order valence-electron chi connectivity index (χ0n) is 22.9. The van der Waals surface area contributed by atoms with Crippen LogP contribution in [-0.4, -0.2) is 39.4 Å². The lowest BCUT2D eigenvalue weighted by atomic mass is 10.00. The fourth-order valence-electron chi connectivity index (χ4n) is 4.89. The van der Waals surface area contributed by atoms with E-state index in [0.717, 1.165) is 29.4 Å². The second-order valence-electron chi connectivity index (χ2n) is 10.1. The second kappa shape index (κ2) is 12.9. The highest BCUT2D eigenvalue weighted by Gasteiger charge is 2.24. The maximum Gasteiger partial charge on any atom is 0.251 e. The Morgan fingerprint density at radius 2 is 1.57 bits per heavy atom. The molecule has 0 bridgehead atoms. The number of aliphatic hydroxyl groups excluding tert-OH is 1. The van der Waals surface area contributed by atoms with Gasteiger partial charge in [-0.3, -0.25) is 4.79 Å². The van der Waals surface area contributed by atoms with Crippen LogP contribution in [0.4, 0.5) is 8.78 Å². The van der Waals surface area contributed by atoms with Crippen molar-refractivity contribution < 1.29 is 23.8 Å². The number of aromatic nitrogens is 1. The molecule has 0 saturated carbocycles. The number of aliphatic hydroxyl groups is 1. The Morgan fingerprint density at radius 3 is 2.23 bits per heavy atom. The van der Waals surface area contributed by atoms with Gasteiger partial charge in [-0.1, -0.05) is 31.2 Å². The molecule has 0 aliphatic heterocycles. The van der Waals surface area contributed by atoms with Crippen molar-refractivity contribution in [1.82, 2.24) is 15.2 Å². The molecule has 8 heteroatoms. The lowest BCUT2D eigenvalue weighted by Crippen LogP contribution is -2.48. The number of carbonyl (C=O) groups is 1. The number of carbonyl (C=O) groups excluding carboxylic acids is 1. The Hall–Kier alpha value is -4.01. The van der Waals surface area contributed by atoms with Gasteiger partial charge >= 0.3 is 0 Å². The van der Waals surface area contributed by atoms with E-state index in [9.17, 15) is 23.8 Å². The molecule has 4 rings (SSSR count). The molecule has 1 amide bonds. The molecule has 210 valence electrons. The normalized spacial score (nSPS) is 12.8. The monoisotopic (exact) mass is 547 g/mol. The summed E-state index contributed by atoms with van der Waals surface area (Å²) in [5.74, 6) is -2.08. The number of phenolic OH excluding ortho intramolecular Hbond substituents is 1. The number of aryl methyl sites for hydroxylation is 3. The lowest BCUT2D eigenvalue weighted by Gasteiger charge is -2.25. The van der Waals surface area contributed by atoms with E-state index in [1.807, 2.05) is 48.7 Å². The fourth-order valence-corrected chi connectivity index (χ4v) is 4.89. The summed E-state index contributed by atoms with van der Waals surface area (Å²) in [6.07, 6.45) is -0.154. The number of hydrogen-bond acceptors (Lipinski definition) is 4. The summed E-state index contributed by atoms with van der Waals surface area (Å²) in [5.41, 5.74) is 5.16. The van der Waals surface area contributed by atoms with Crippen LogP contribution in [0.5, 0.6) is 5.75 Å². The van der Waals surface area contributed by atoms with Crippen LogP contribution in [0.3, 0.4) is 0 Å². The topological polar surface area (TPSA) is 86.5 Å². The molecule has 40 heavy (non-hydrogen) atoms. The van der Waals surface area contributed by atoms with E-state index >= 15 is 0 Å². The van der Waals surface area contributed by atoms with Crippen LogP contribution in [0, 0.1) is 25.5 Å². The van der Waals surface area contributed by atoms with Crippen LogP contribution in [0.2, 0.25) is 0 Å². The molecule has 4 aromatic rings. The summed E-state index contributed by atoms with van der Waals surface area (Å²) in [5, 5.41) is 27.8. The first-order valence-corrected chi connectivity index (χ1v) is 13.4. The summed E-state index contributed by atoms with van der Waals surface area (Å²) in [7, 11) is 0. The van der Waals surface area contributed by atoms with Crippen LogP contribution in [0.25, 0.3) is 5.69 Å². The quantitative estimate of drug-likeness (QED) is 0.210. The first-order valence-electron chi connectivity index (χ1n) is 13.4. The Labute approximate surface area is 233 Å². The molecular weight excluding hydrogens is 512 g/mol. The largest absolute Gasteiger partial charge is 0.506 e. The molecule has 0 spiro atoms. The molecule has 1 heterocycles. The molecule has 4 N–H and O–H groups in total. The third kappa shape index (κ3) is 7.14. The Kier molecular flexibility index (Phi) is 9.34. The molecule has 0 aliphatic rings. The van der Waals surface area contributed by atoms with E-state index in [0.29, 0.717) is 17.8 Å². The van der Waals surface area contributed by atoms with Crippen molar-refractivity contribution in [3.63, 3.8) is 0 Å². The molecule has 0 aliphatic carbocycles. The zero-order chi connectivity index (χ0) is 28.8. The number of nitrogens with zero attached hydrogens (tertiary/aromatic N) is 1. The van der Waals surface area contributed by atoms with Crippen LogP contribution >= 0.6 is 0 Å². The highest BCUT2D eigenvalue weighted by Crippen LogP contribution is 2.26. The molecule has 0 radical (unpaired) electrons. The minimum absolute atomic E-state index is 0.000406. The van der Waals surface area contributed by atoms with Crippen LogP contribution < -0.4 is 10.6 Å². The number of hydrogen-bond donors (Lipinski definition) is 4. The Balaban J connectivity index is 1.50. The summed E-state index contributed by atoms with van der Waals surface area (Å²) >= 11 is 0. The van der Waals surface area contributed by atoms with Crippen molar-refractivity contribution in [2.24, 2.45) is 0 Å². The number of aromatic hydroxyl groups is 1. The summed E-state index contributed by atoms with van der Waals surface area (Å²) in [6.45, 7) is 6.56. The average Bonchev–Trinajstić information content (AvgIpc) is 3.25. The lowest BCUT2D eigenvalue weighted by molar-refractivity contribution is 0.0829. The van der Waals surface area contributed by atoms with Crippen molar-refractivity contribution in [1.29, 1.82) is 0 Å². The Bertz CT molecular complexity index is 1440. The van der Waals surface area contributed by atoms with E-state index in [2.05, 4.69) is 23.6 Å². The van der Waals surface area contributed by atoms with Crippen molar-refractivity contribution in [2.75, 3.05) is 6.54 Å². The van der Waals surface area contributed by atoms with Gasteiger partial charge in [0.25, 0.3) is 5.91 Å². The first-order chi connectivity index (χ1) is 19.1. The van der Waals surface area contributed by atoms with Gasteiger partial charge in [-0.2, -0.15) is 0 Å². The maximum absolute atomic E-state index is 13.9. The number of halogens is 2. The third-order valence-corrected chi connectivity index (χ3v) is 6.99. The molecule has 2 atom stereocenters. The summed E-state index contributed by atoms with van der Waals surface area (Å²) in [6, 6.07) is 18.9. The SMILES string of the molecule is CCc1cccc(CNC[C@@H](O)[C@H](Cc2cc(F)cc(F)c2)NC(=O)c2ccc(-n3c(C)ccc3C)c(O)c2)c1. The highest BCUT2D eigenvalue weighted by molar-refractivity contribution is 5.95. The molecule has 0 unspecified atom stereocenters. The number of benzene rings is 3. The van der Waals surface area contributed by atoms with Gasteiger partial charge in [0, 0.05) is 36.1 Å². The van der Waals surface area contributed by atoms with Crippen molar-refractivity contribution in [2.45, 2.75) is 52.3 Å². The van der Waals surface area contributed by atoms with Gasteiger partial charge in [0.15, 0.2) is 0 Å². The van der Waals surface area contributed by atoms with Gasteiger partial charge in [0.05, 0.1) is 17.8 Å². The van der Waals surface area contributed by atoms with E-state index in [1.165, 1.54) is 23.8 Å². The fraction of sp³-hybridized carbons (Fsp3) is 0.281. The van der Waals surface area contributed by atoms with Crippen LogP contribution in [-0.2, 0) is 19.4 Å². The average molecular weight is 548 g/mol. The minimum atomic E-state index is -1.07. The summed E-state index contributed by atoms with van der Waals surface area (Å²) < 4.78 is 29.6. The standard InChI is InChI=1S/C32H35F2N3O3/c1-4-22-6-5-7-23(12-22)18-35-19-31(39)28(15-24-13-26(33)17-27(34)14-24)36-32(40)25-10-11-29(30(38)16-25)37-20(2)8-9-21(37)3/h5-14,16-17,28,31,35,38-39H,4,15,18-19H2,1-3H3,(H,36,40)/t28-,31+/m0/s1. The van der Waals surface area contributed by atoms with E-state index in [4.69, 9.17) is 0 Å². The van der Waals surface area contributed by atoms with Crippen molar-refractivity contribution >= 4 is 5.91 Å². The molecule has 0 saturated heterocycles. The van der Waals surface area contributed by atoms with Gasteiger partial charge in [-0.15, -0.1) is 0 Å². The zero-order valence-corrected chi connectivity index (χ0v) is 22.9. The molecule has 6 nitrogen and oxygen atoms in total. The van der Waals surface area contributed by atoms with Gasteiger partial charge < -0.3 is 25.4 Å². The smallest absolute Gasteiger partial charge is 0.251 e.